The van der Waals surface area contributed by atoms with Crippen LogP contribution in [0.1, 0.15) is 31.2 Å². The minimum atomic E-state index is -0.954. The minimum absolute atomic E-state index is 0.158. The van der Waals surface area contributed by atoms with Crippen LogP contribution in [-0.2, 0) is 17.9 Å². The molecular formula is C23H25FN6O3S. The van der Waals surface area contributed by atoms with Gasteiger partial charge in [-0.05, 0) is 50.6 Å². The third kappa shape index (κ3) is 5.78. The zero-order chi connectivity index (χ0) is 24.1. The van der Waals surface area contributed by atoms with Gasteiger partial charge in [-0.2, -0.15) is 4.39 Å². The van der Waals surface area contributed by atoms with Gasteiger partial charge in [0, 0.05) is 11.8 Å². The van der Waals surface area contributed by atoms with Crippen LogP contribution in [0.25, 0.3) is 0 Å². The molecule has 34 heavy (non-hydrogen) atoms. The number of hydrogen-bond donors (Lipinski definition) is 1. The first-order valence-electron chi connectivity index (χ1n) is 11.0. The smallest absolute Gasteiger partial charge is 0.306 e. The Bertz CT molecular complexity index is 1170. The third-order valence-electron chi connectivity index (χ3n) is 5.60. The lowest BCUT2D eigenvalue weighted by atomic mass is 10.2. The van der Waals surface area contributed by atoms with Gasteiger partial charge in [0.15, 0.2) is 5.16 Å². The second-order valence-electron chi connectivity index (χ2n) is 8.13. The van der Waals surface area contributed by atoms with Gasteiger partial charge in [0.05, 0.1) is 23.3 Å². The van der Waals surface area contributed by atoms with Crippen molar-refractivity contribution in [3.8, 4) is 0 Å². The fraction of sp³-hybridized carbons (Fsp3) is 0.348. The van der Waals surface area contributed by atoms with Gasteiger partial charge >= 0.3 is 5.69 Å². The molecule has 0 bridgehead atoms. The second kappa shape index (κ2) is 10.7. The number of halogens is 1. The van der Waals surface area contributed by atoms with Gasteiger partial charge in [0.25, 0.3) is 0 Å². The highest BCUT2D eigenvalue weighted by Gasteiger charge is 2.23. The van der Waals surface area contributed by atoms with E-state index < -0.39 is 21.7 Å². The van der Waals surface area contributed by atoms with Gasteiger partial charge in [-0.1, -0.05) is 42.1 Å². The van der Waals surface area contributed by atoms with Crippen molar-refractivity contribution in [3.63, 3.8) is 0 Å². The van der Waals surface area contributed by atoms with Crippen LogP contribution in [0, 0.1) is 15.9 Å². The first kappa shape index (κ1) is 23.8. The Labute approximate surface area is 200 Å². The second-order valence-corrected chi connectivity index (χ2v) is 9.43. The Morgan fingerprint density at radius 1 is 1.18 bits per heavy atom. The van der Waals surface area contributed by atoms with Gasteiger partial charge in [0.2, 0.25) is 11.7 Å². The summed E-state index contributed by atoms with van der Waals surface area (Å²) in [5.41, 5.74) is 0.570. The molecule has 0 spiro atoms. The summed E-state index contributed by atoms with van der Waals surface area (Å²) in [4.78, 5) is 25.3. The molecule has 1 amide bonds. The van der Waals surface area contributed by atoms with Crippen LogP contribution in [0.5, 0.6) is 0 Å². The van der Waals surface area contributed by atoms with E-state index in [0.717, 1.165) is 36.6 Å². The molecule has 3 aromatic rings. The standard InChI is InChI=1S/C23H25FN6O3S/c1-16(22(31)25-18-9-10-19(24)20(13-18)30(32)33)34-23-27-26-21(15-28-11-5-6-12-28)29(23)14-17-7-3-2-4-8-17/h2-4,7-10,13,16H,5-6,11-12,14-15H2,1H3,(H,25,31). The topological polar surface area (TPSA) is 106 Å². The lowest BCUT2D eigenvalue weighted by molar-refractivity contribution is -0.387. The third-order valence-corrected chi connectivity index (χ3v) is 6.68. The first-order chi connectivity index (χ1) is 16.4. The average molecular weight is 485 g/mol. The molecule has 0 saturated carbocycles. The van der Waals surface area contributed by atoms with Gasteiger partial charge in [0.1, 0.15) is 5.82 Å². The molecule has 4 rings (SSSR count). The van der Waals surface area contributed by atoms with E-state index in [1.54, 1.807) is 6.92 Å². The molecular weight excluding hydrogens is 459 g/mol. The molecule has 2 aromatic carbocycles. The molecule has 1 aliphatic heterocycles. The Balaban J connectivity index is 1.50. The van der Waals surface area contributed by atoms with Crippen LogP contribution in [0.3, 0.4) is 0 Å². The number of nitro benzene ring substituents is 1. The van der Waals surface area contributed by atoms with E-state index in [1.807, 2.05) is 34.9 Å². The minimum Gasteiger partial charge on any atom is -0.325 e. The van der Waals surface area contributed by atoms with Crippen molar-refractivity contribution in [1.29, 1.82) is 0 Å². The summed E-state index contributed by atoms with van der Waals surface area (Å²) >= 11 is 1.26. The van der Waals surface area contributed by atoms with Crippen LogP contribution in [-0.4, -0.2) is 48.8 Å². The maximum Gasteiger partial charge on any atom is 0.306 e. The van der Waals surface area contributed by atoms with Crippen molar-refractivity contribution < 1.29 is 14.1 Å². The molecule has 1 aliphatic rings. The number of anilines is 1. The van der Waals surface area contributed by atoms with E-state index >= 15 is 0 Å². The van der Waals surface area contributed by atoms with E-state index in [0.29, 0.717) is 18.2 Å². The van der Waals surface area contributed by atoms with Crippen LogP contribution in [0.4, 0.5) is 15.8 Å². The summed E-state index contributed by atoms with van der Waals surface area (Å²) in [6, 6.07) is 13.3. The van der Waals surface area contributed by atoms with Crippen molar-refractivity contribution >= 4 is 29.0 Å². The zero-order valence-electron chi connectivity index (χ0n) is 18.7. The molecule has 178 valence electrons. The van der Waals surface area contributed by atoms with Crippen molar-refractivity contribution in [2.24, 2.45) is 0 Å². The maximum absolute atomic E-state index is 13.6. The van der Waals surface area contributed by atoms with E-state index in [1.165, 1.54) is 30.7 Å². The Morgan fingerprint density at radius 2 is 1.91 bits per heavy atom. The highest BCUT2D eigenvalue weighted by Crippen LogP contribution is 2.27. The number of thioether (sulfide) groups is 1. The molecule has 1 unspecified atom stereocenters. The van der Waals surface area contributed by atoms with Crippen LogP contribution in [0.2, 0.25) is 0 Å². The normalized spacial score (nSPS) is 14.8. The predicted octanol–water partition coefficient (Wildman–Crippen LogP) is 4.09. The monoisotopic (exact) mass is 484 g/mol. The highest BCUT2D eigenvalue weighted by atomic mass is 32.2. The summed E-state index contributed by atoms with van der Waals surface area (Å²) in [6.45, 7) is 5.06. The summed E-state index contributed by atoms with van der Waals surface area (Å²) < 4.78 is 15.6. The van der Waals surface area contributed by atoms with Gasteiger partial charge < -0.3 is 9.88 Å². The lowest BCUT2D eigenvalue weighted by Crippen LogP contribution is -2.24. The number of nitrogens with zero attached hydrogens (tertiary/aromatic N) is 5. The largest absolute Gasteiger partial charge is 0.325 e. The summed E-state index contributed by atoms with van der Waals surface area (Å²) in [5.74, 6) is -0.485. The summed E-state index contributed by atoms with van der Waals surface area (Å²) in [6.07, 6.45) is 2.35. The molecule has 1 saturated heterocycles. The van der Waals surface area contributed by atoms with Crippen molar-refractivity contribution in [2.75, 3.05) is 18.4 Å². The highest BCUT2D eigenvalue weighted by molar-refractivity contribution is 8.00. The van der Waals surface area contributed by atoms with Crippen molar-refractivity contribution in [1.82, 2.24) is 19.7 Å². The number of hydrogen-bond acceptors (Lipinski definition) is 7. The van der Waals surface area contributed by atoms with E-state index in [-0.39, 0.29) is 11.6 Å². The summed E-state index contributed by atoms with van der Waals surface area (Å²) in [7, 11) is 0. The molecule has 0 aliphatic carbocycles. The first-order valence-corrected chi connectivity index (χ1v) is 11.9. The SMILES string of the molecule is CC(Sc1nnc(CN2CCCC2)n1Cc1ccccc1)C(=O)Nc1ccc(F)c([N+](=O)[O-])c1. The fourth-order valence-corrected chi connectivity index (χ4v) is 4.64. The lowest BCUT2D eigenvalue weighted by Gasteiger charge is -2.17. The van der Waals surface area contributed by atoms with Gasteiger partial charge in [-0.25, -0.2) is 0 Å². The molecule has 9 nitrogen and oxygen atoms in total. The molecule has 1 atom stereocenters. The Hall–Kier alpha value is -3.31. The quantitative estimate of drug-likeness (QED) is 0.277. The number of carbonyl (C=O) groups is 1. The number of nitrogens with one attached hydrogen (secondary N) is 1. The van der Waals surface area contributed by atoms with Crippen molar-refractivity contribution in [2.45, 2.75) is 43.3 Å². The van der Waals surface area contributed by atoms with E-state index in [2.05, 4.69) is 20.4 Å². The predicted molar refractivity (Wildman–Crippen MR) is 127 cm³/mol. The number of likely N-dealkylation sites (tertiary alicyclic amines) is 1. The van der Waals surface area contributed by atoms with Gasteiger partial charge in [-0.3, -0.25) is 19.8 Å². The Kier molecular flexibility index (Phi) is 7.53. The molecule has 1 fully saturated rings. The van der Waals surface area contributed by atoms with Crippen LogP contribution in [0.15, 0.2) is 53.7 Å². The summed E-state index contributed by atoms with van der Waals surface area (Å²) in [5, 5.41) is 22.4. The molecule has 1 N–H and O–H groups in total. The number of amides is 1. The number of benzene rings is 2. The van der Waals surface area contributed by atoms with Crippen LogP contribution < -0.4 is 5.32 Å². The fourth-order valence-electron chi connectivity index (χ4n) is 3.77. The number of rotatable bonds is 9. The van der Waals surface area contributed by atoms with E-state index in [4.69, 9.17) is 0 Å². The van der Waals surface area contributed by atoms with Crippen LogP contribution >= 0.6 is 11.8 Å². The number of nitro groups is 1. The zero-order valence-corrected chi connectivity index (χ0v) is 19.5. The average Bonchev–Trinajstić information content (AvgIpc) is 3.47. The molecule has 1 aromatic heterocycles. The Morgan fingerprint density at radius 3 is 2.62 bits per heavy atom. The maximum atomic E-state index is 13.6. The number of carbonyl (C=O) groups excluding carboxylic acids is 1. The molecule has 11 heteroatoms. The van der Waals surface area contributed by atoms with Crippen molar-refractivity contribution in [3.05, 3.63) is 75.9 Å². The number of aromatic nitrogens is 3. The van der Waals surface area contributed by atoms with E-state index in [9.17, 15) is 19.3 Å². The molecule has 0 radical (unpaired) electrons. The van der Waals surface area contributed by atoms with Gasteiger partial charge in [-0.15, -0.1) is 10.2 Å². The molecule has 2 heterocycles.